The molecule has 0 unspecified atom stereocenters. The second kappa shape index (κ2) is 3.98. The minimum Gasteiger partial charge on any atom is -0.151 e. The maximum Gasteiger partial charge on any atom is 0.0190 e. The number of thioether (sulfide) groups is 1. The second-order valence-corrected chi connectivity index (χ2v) is 6.28. The zero-order chi connectivity index (χ0) is 10.0. The van der Waals surface area contributed by atoms with Crippen LogP contribution in [0.15, 0.2) is 30.3 Å². The molecule has 1 aromatic rings. The Morgan fingerprint density at radius 2 is 1.86 bits per heavy atom. The summed E-state index contributed by atoms with van der Waals surface area (Å²) in [4.78, 5) is 0. The van der Waals surface area contributed by atoms with E-state index >= 15 is 0 Å². The topological polar surface area (TPSA) is 0 Å². The van der Waals surface area contributed by atoms with E-state index in [1.54, 1.807) is 0 Å². The number of rotatable bonds is 4. The van der Waals surface area contributed by atoms with E-state index < -0.39 is 0 Å². The van der Waals surface area contributed by atoms with Crippen LogP contribution < -0.4 is 0 Å². The zero-order valence-corrected chi connectivity index (χ0v) is 9.81. The van der Waals surface area contributed by atoms with Crippen LogP contribution in [0, 0.1) is 5.92 Å². The van der Waals surface area contributed by atoms with E-state index in [2.05, 4.69) is 55.9 Å². The molecule has 1 saturated carbocycles. The van der Waals surface area contributed by atoms with Crippen molar-refractivity contribution in [2.24, 2.45) is 5.92 Å². The predicted octanol–water partition coefficient (Wildman–Crippen LogP) is 4.11. The van der Waals surface area contributed by atoms with Crippen molar-refractivity contribution in [1.29, 1.82) is 0 Å². The fraction of sp³-hybridized carbons (Fsp3) is 0.538. The summed E-state index contributed by atoms with van der Waals surface area (Å²) < 4.78 is 0.482. The summed E-state index contributed by atoms with van der Waals surface area (Å²) in [7, 11) is 0. The lowest BCUT2D eigenvalue weighted by atomic mass is 10.1. The van der Waals surface area contributed by atoms with Crippen LogP contribution in [0.2, 0.25) is 0 Å². The van der Waals surface area contributed by atoms with Gasteiger partial charge < -0.3 is 0 Å². The van der Waals surface area contributed by atoms with Crippen molar-refractivity contribution in [3.8, 4) is 0 Å². The Kier molecular flexibility index (Phi) is 2.87. The normalized spacial score (nSPS) is 17.0. The summed E-state index contributed by atoms with van der Waals surface area (Å²) in [5.41, 5.74) is 1.45. The molecule has 1 aliphatic rings. The Hall–Kier alpha value is -0.430. The molecule has 0 spiro atoms. The second-order valence-electron chi connectivity index (χ2n) is 4.65. The maximum atomic E-state index is 2.39. The Balaban J connectivity index is 1.87. The minimum atomic E-state index is 0.482. The largest absolute Gasteiger partial charge is 0.151 e. The summed E-state index contributed by atoms with van der Waals surface area (Å²) >= 11 is 2.10. The molecule has 0 atom stereocenters. The summed E-state index contributed by atoms with van der Waals surface area (Å²) in [6.45, 7) is 4.77. The molecule has 0 saturated heterocycles. The van der Waals surface area contributed by atoms with Crippen LogP contribution in [0.25, 0.3) is 0 Å². The van der Waals surface area contributed by atoms with Gasteiger partial charge >= 0.3 is 0 Å². The van der Waals surface area contributed by atoms with Gasteiger partial charge in [-0.3, -0.25) is 0 Å². The molecule has 0 aliphatic heterocycles. The van der Waals surface area contributed by atoms with Gasteiger partial charge in [-0.15, -0.1) is 0 Å². The molecule has 1 aliphatic carbocycles. The third kappa shape index (κ3) is 2.54. The zero-order valence-electron chi connectivity index (χ0n) is 8.99. The fourth-order valence-electron chi connectivity index (χ4n) is 1.74. The van der Waals surface area contributed by atoms with Gasteiger partial charge in [0.15, 0.2) is 0 Å². The molecule has 1 heteroatoms. The molecule has 0 radical (unpaired) electrons. The van der Waals surface area contributed by atoms with Crippen molar-refractivity contribution in [3.63, 3.8) is 0 Å². The molecule has 0 aromatic heterocycles. The highest BCUT2D eigenvalue weighted by Crippen LogP contribution is 2.47. The first-order valence-electron chi connectivity index (χ1n) is 5.36. The van der Waals surface area contributed by atoms with Crippen molar-refractivity contribution >= 4 is 11.8 Å². The van der Waals surface area contributed by atoms with Gasteiger partial charge in [0.2, 0.25) is 0 Å². The molecule has 0 heterocycles. The van der Waals surface area contributed by atoms with E-state index in [0.717, 1.165) is 11.7 Å². The average Bonchev–Trinajstić information content (AvgIpc) is 3.00. The Morgan fingerprint density at radius 1 is 1.21 bits per heavy atom. The summed E-state index contributed by atoms with van der Waals surface area (Å²) in [6.07, 6.45) is 2.88. The Bertz CT molecular complexity index is 285. The first-order valence-corrected chi connectivity index (χ1v) is 6.35. The van der Waals surface area contributed by atoms with Gasteiger partial charge in [0.25, 0.3) is 0 Å². The lowest BCUT2D eigenvalue weighted by Gasteiger charge is -2.23. The molecule has 14 heavy (non-hydrogen) atoms. The number of hydrogen-bond donors (Lipinski definition) is 0. The van der Waals surface area contributed by atoms with Gasteiger partial charge in [-0.2, -0.15) is 11.8 Å². The van der Waals surface area contributed by atoms with Crippen molar-refractivity contribution < 1.29 is 0 Å². The fourth-order valence-corrected chi connectivity index (χ4v) is 2.94. The van der Waals surface area contributed by atoms with E-state index in [4.69, 9.17) is 0 Å². The Labute approximate surface area is 91.1 Å². The van der Waals surface area contributed by atoms with E-state index in [1.165, 1.54) is 18.4 Å². The van der Waals surface area contributed by atoms with Crippen LogP contribution in [-0.2, 0) is 5.75 Å². The highest BCUT2D eigenvalue weighted by Gasteiger charge is 2.37. The summed E-state index contributed by atoms with van der Waals surface area (Å²) in [6, 6.07) is 10.8. The van der Waals surface area contributed by atoms with Gasteiger partial charge in [-0.05, 0) is 24.3 Å². The van der Waals surface area contributed by atoms with Gasteiger partial charge in [-0.1, -0.05) is 44.2 Å². The molecular weight excluding hydrogens is 188 g/mol. The van der Waals surface area contributed by atoms with Gasteiger partial charge in [0.1, 0.15) is 0 Å². The van der Waals surface area contributed by atoms with Crippen LogP contribution in [-0.4, -0.2) is 4.75 Å². The Morgan fingerprint density at radius 3 is 2.43 bits per heavy atom. The van der Waals surface area contributed by atoms with Crippen molar-refractivity contribution in [2.45, 2.75) is 37.2 Å². The van der Waals surface area contributed by atoms with E-state index in [1.807, 2.05) is 0 Å². The smallest absolute Gasteiger partial charge is 0.0190 e. The van der Waals surface area contributed by atoms with Gasteiger partial charge in [-0.25, -0.2) is 0 Å². The quantitative estimate of drug-likeness (QED) is 0.714. The highest BCUT2D eigenvalue weighted by molar-refractivity contribution is 7.99. The molecule has 1 fully saturated rings. The van der Waals surface area contributed by atoms with Crippen molar-refractivity contribution in [3.05, 3.63) is 35.9 Å². The van der Waals surface area contributed by atoms with Crippen LogP contribution in [0.3, 0.4) is 0 Å². The van der Waals surface area contributed by atoms with Crippen LogP contribution in [0.4, 0.5) is 0 Å². The molecule has 1 aromatic carbocycles. The standard InChI is InChI=1S/C13H18S/c1-13(2,12-8-9-12)14-10-11-6-4-3-5-7-11/h3-7,12H,8-10H2,1-2H3. The van der Waals surface area contributed by atoms with Crippen molar-refractivity contribution in [2.75, 3.05) is 0 Å². The predicted molar refractivity (Wildman–Crippen MR) is 64.5 cm³/mol. The van der Waals surface area contributed by atoms with Crippen LogP contribution >= 0.6 is 11.8 Å². The van der Waals surface area contributed by atoms with Crippen molar-refractivity contribution in [1.82, 2.24) is 0 Å². The highest BCUT2D eigenvalue weighted by atomic mass is 32.2. The number of benzene rings is 1. The maximum absolute atomic E-state index is 2.39. The monoisotopic (exact) mass is 206 g/mol. The summed E-state index contributed by atoms with van der Waals surface area (Å²) in [5, 5.41) is 0. The minimum absolute atomic E-state index is 0.482. The molecule has 0 amide bonds. The molecule has 2 rings (SSSR count). The molecule has 76 valence electrons. The first kappa shape index (κ1) is 10.1. The van der Waals surface area contributed by atoms with E-state index in [-0.39, 0.29) is 0 Å². The third-order valence-electron chi connectivity index (χ3n) is 3.01. The summed E-state index contributed by atoms with van der Waals surface area (Å²) in [5.74, 6) is 2.13. The lowest BCUT2D eigenvalue weighted by molar-refractivity contribution is 0.620. The van der Waals surface area contributed by atoms with Gasteiger partial charge in [0.05, 0.1) is 0 Å². The SMILES string of the molecule is CC(C)(SCc1ccccc1)C1CC1. The number of hydrogen-bond acceptors (Lipinski definition) is 1. The molecular formula is C13H18S. The first-order chi connectivity index (χ1) is 6.68. The van der Waals surface area contributed by atoms with E-state index in [0.29, 0.717) is 4.75 Å². The molecule has 0 N–H and O–H groups in total. The van der Waals surface area contributed by atoms with Gasteiger partial charge in [0, 0.05) is 10.5 Å². The lowest BCUT2D eigenvalue weighted by Crippen LogP contribution is -2.17. The van der Waals surface area contributed by atoms with E-state index in [9.17, 15) is 0 Å². The molecule has 0 bridgehead atoms. The van der Waals surface area contributed by atoms with Crippen LogP contribution in [0.1, 0.15) is 32.3 Å². The van der Waals surface area contributed by atoms with Crippen LogP contribution in [0.5, 0.6) is 0 Å². The molecule has 0 nitrogen and oxygen atoms in total. The third-order valence-corrected chi connectivity index (χ3v) is 4.57. The average molecular weight is 206 g/mol.